The van der Waals surface area contributed by atoms with Crippen LogP contribution in [-0.2, 0) is 20.9 Å². The highest BCUT2D eigenvalue weighted by Crippen LogP contribution is 2.50. The third kappa shape index (κ3) is 2.57. The number of carbonyl (C=O) groups is 1. The van der Waals surface area contributed by atoms with Gasteiger partial charge < -0.3 is 9.29 Å². The summed E-state index contributed by atoms with van der Waals surface area (Å²) in [4.78, 5) is 12.7. The Bertz CT molecular complexity index is 500. The summed E-state index contributed by atoms with van der Waals surface area (Å²) in [6.07, 6.45) is 2.25. The maximum absolute atomic E-state index is 12.6. The van der Waals surface area contributed by atoms with E-state index in [0.29, 0.717) is 12.5 Å². The Hall–Kier alpha value is -1.04. The monoisotopic (exact) mass is 293 g/mol. The molecule has 0 spiro atoms. The van der Waals surface area contributed by atoms with Crippen LogP contribution in [0.25, 0.3) is 0 Å². The van der Waals surface area contributed by atoms with Gasteiger partial charge in [-0.3, -0.25) is 4.79 Å². The van der Waals surface area contributed by atoms with Gasteiger partial charge in [-0.25, -0.2) is 0 Å². The van der Waals surface area contributed by atoms with Crippen LogP contribution in [0, 0.1) is 12.8 Å². The average Bonchev–Trinajstić information content (AvgIpc) is 3.30. The topological polar surface area (TPSA) is 52.4 Å². The third-order valence-corrected chi connectivity index (χ3v) is 5.38. The maximum Gasteiger partial charge on any atom is 0.329 e. The molecule has 5 heteroatoms. The summed E-state index contributed by atoms with van der Waals surface area (Å²) in [6.45, 7) is 4.17. The molecule has 0 aromatic heterocycles. The summed E-state index contributed by atoms with van der Waals surface area (Å²) in [5.41, 5.74) is 1.14. The van der Waals surface area contributed by atoms with Crippen molar-refractivity contribution in [2.24, 2.45) is 5.92 Å². The van der Waals surface area contributed by atoms with Gasteiger partial charge in [-0.1, -0.05) is 17.7 Å². The molecule has 2 fully saturated rings. The van der Waals surface area contributed by atoms with Gasteiger partial charge >= 0.3 is 5.97 Å². The van der Waals surface area contributed by atoms with E-state index in [2.05, 4.69) is 0 Å². The van der Waals surface area contributed by atoms with Crippen molar-refractivity contribution in [2.75, 3.05) is 6.61 Å². The number of hydrogen-bond donors (Lipinski definition) is 0. The molecule has 1 saturated heterocycles. The van der Waals surface area contributed by atoms with Crippen molar-refractivity contribution < 1.29 is 14.1 Å². The highest BCUT2D eigenvalue weighted by Gasteiger charge is 2.67. The molecule has 0 bridgehead atoms. The van der Waals surface area contributed by atoms with Gasteiger partial charge in [-0.05, 0) is 44.7 Å². The molecule has 4 atom stereocenters. The van der Waals surface area contributed by atoms with Crippen molar-refractivity contribution in [3.05, 3.63) is 29.8 Å². The fourth-order valence-corrected chi connectivity index (χ4v) is 4.08. The van der Waals surface area contributed by atoms with Gasteiger partial charge in [0.25, 0.3) is 0 Å². The van der Waals surface area contributed by atoms with Gasteiger partial charge in [-0.2, -0.15) is 0 Å². The molecular formula is C15H19NO3S. The molecule has 20 heavy (non-hydrogen) atoms. The van der Waals surface area contributed by atoms with Crippen molar-refractivity contribution in [1.82, 2.24) is 4.31 Å². The van der Waals surface area contributed by atoms with Crippen molar-refractivity contribution in [2.45, 2.75) is 43.7 Å². The van der Waals surface area contributed by atoms with Gasteiger partial charge in [0.2, 0.25) is 0 Å². The molecule has 1 aliphatic heterocycles. The van der Waals surface area contributed by atoms with Crippen molar-refractivity contribution in [3.8, 4) is 0 Å². The highest BCUT2D eigenvalue weighted by molar-refractivity contribution is 7.89. The summed E-state index contributed by atoms with van der Waals surface area (Å²) in [7, 11) is 0. The highest BCUT2D eigenvalue weighted by atomic mass is 32.2. The van der Waals surface area contributed by atoms with Gasteiger partial charge in [0.1, 0.15) is 0 Å². The molecule has 1 heterocycles. The minimum absolute atomic E-state index is 0.108. The largest absolute Gasteiger partial charge is 0.593 e. The van der Waals surface area contributed by atoms with E-state index in [-0.39, 0.29) is 18.1 Å². The van der Waals surface area contributed by atoms with Crippen LogP contribution in [0.4, 0.5) is 0 Å². The molecule has 0 amide bonds. The fourth-order valence-electron chi connectivity index (χ4n) is 2.59. The summed E-state index contributed by atoms with van der Waals surface area (Å²) in [5, 5.41) is 0. The number of esters is 1. The van der Waals surface area contributed by atoms with Crippen LogP contribution in [0.5, 0.6) is 0 Å². The summed E-state index contributed by atoms with van der Waals surface area (Å²) >= 11 is -1.26. The van der Waals surface area contributed by atoms with Gasteiger partial charge in [0.05, 0.1) is 24.0 Å². The predicted octanol–water partition coefficient (Wildman–Crippen LogP) is 2.04. The van der Waals surface area contributed by atoms with Crippen LogP contribution >= 0.6 is 0 Å². The molecule has 1 aromatic rings. The lowest BCUT2D eigenvalue weighted by molar-refractivity contribution is -0.143. The van der Waals surface area contributed by atoms with E-state index in [1.807, 2.05) is 31.2 Å². The second-order valence-corrected chi connectivity index (χ2v) is 6.84. The molecule has 1 aromatic carbocycles. The first-order valence-electron chi connectivity index (χ1n) is 7.07. The number of carbonyl (C=O) groups excluding carboxylic acids is 1. The van der Waals surface area contributed by atoms with E-state index in [4.69, 9.17) is 4.74 Å². The number of rotatable bonds is 5. The minimum atomic E-state index is -1.26. The molecule has 108 valence electrons. The smallest absolute Gasteiger partial charge is 0.329 e. The second kappa shape index (κ2) is 5.39. The zero-order valence-electron chi connectivity index (χ0n) is 11.7. The lowest BCUT2D eigenvalue weighted by Gasteiger charge is -2.11. The van der Waals surface area contributed by atoms with E-state index in [9.17, 15) is 9.35 Å². The Morgan fingerprint density at radius 1 is 1.40 bits per heavy atom. The van der Waals surface area contributed by atoms with Crippen molar-refractivity contribution >= 4 is 17.3 Å². The molecule has 2 aliphatic rings. The maximum atomic E-state index is 12.6. The van der Waals surface area contributed by atoms with Gasteiger partial charge in [0, 0.05) is 0 Å². The molecule has 4 nitrogen and oxygen atoms in total. The van der Waals surface area contributed by atoms with E-state index in [1.165, 1.54) is 0 Å². The van der Waals surface area contributed by atoms with Crippen LogP contribution in [0.1, 0.15) is 25.3 Å². The normalized spacial score (nSPS) is 29.9. The minimum Gasteiger partial charge on any atom is -0.593 e. The Kier molecular flexibility index (Phi) is 3.75. The molecule has 3 rings (SSSR count). The SMILES string of the molecule is CCOC(=O)[C@H]1[C@@H](C2CC2)N1[S+]([O-])c1ccc(C)cc1. The molecule has 1 saturated carbocycles. The summed E-state index contributed by atoms with van der Waals surface area (Å²) in [6, 6.07) is 7.43. The molecule has 0 N–H and O–H groups in total. The first-order chi connectivity index (χ1) is 9.63. The van der Waals surface area contributed by atoms with Crippen LogP contribution in [0.15, 0.2) is 29.2 Å². The summed E-state index contributed by atoms with van der Waals surface area (Å²) in [5.74, 6) is 0.281. The summed E-state index contributed by atoms with van der Waals surface area (Å²) < 4.78 is 19.5. The first kappa shape index (κ1) is 13.9. The van der Waals surface area contributed by atoms with Crippen LogP contribution in [-0.4, -0.2) is 33.5 Å². The molecular weight excluding hydrogens is 274 g/mol. The van der Waals surface area contributed by atoms with Gasteiger partial charge in [0.15, 0.2) is 10.9 Å². The zero-order valence-corrected chi connectivity index (χ0v) is 12.6. The number of ether oxygens (including phenoxy) is 1. The van der Waals surface area contributed by atoms with E-state index in [1.54, 1.807) is 11.2 Å². The van der Waals surface area contributed by atoms with Crippen molar-refractivity contribution in [1.29, 1.82) is 0 Å². The second-order valence-electron chi connectivity index (χ2n) is 5.45. The zero-order chi connectivity index (χ0) is 14.3. The van der Waals surface area contributed by atoms with Crippen molar-refractivity contribution in [3.63, 3.8) is 0 Å². The van der Waals surface area contributed by atoms with Gasteiger partial charge in [-0.15, -0.1) is 4.31 Å². The lowest BCUT2D eigenvalue weighted by atomic mass is 10.2. The van der Waals surface area contributed by atoms with E-state index >= 15 is 0 Å². The third-order valence-electron chi connectivity index (χ3n) is 3.85. The first-order valence-corrected chi connectivity index (χ1v) is 8.17. The standard InChI is InChI=1S/C15H19NO3S/c1-3-19-15(17)14-13(11-6-7-11)16(14)20(18)12-8-4-10(2)5-9-12/h4-5,8-9,11,13-14H,3,6-7H2,1-2H3/t13-,14-,16?,20?/m1/s1. The fraction of sp³-hybridized carbons (Fsp3) is 0.533. The Morgan fingerprint density at radius 3 is 2.60 bits per heavy atom. The lowest BCUT2D eigenvalue weighted by Crippen LogP contribution is -2.21. The Morgan fingerprint density at radius 2 is 2.05 bits per heavy atom. The number of aryl methyl sites for hydroxylation is 1. The molecule has 1 aliphatic carbocycles. The number of benzene rings is 1. The van der Waals surface area contributed by atoms with E-state index < -0.39 is 11.4 Å². The number of hydrogen-bond acceptors (Lipinski definition) is 4. The Labute approximate surface area is 122 Å². The van der Waals surface area contributed by atoms with Crippen LogP contribution in [0.3, 0.4) is 0 Å². The van der Waals surface area contributed by atoms with Crippen LogP contribution < -0.4 is 0 Å². The van der Waals surface area contributed by atoms with E-state index in [0.717, 1.165) is 23.3 Å². The van der Waals surface area contributed by atoms with Crippen LogP contribution in [0.2, 0.25) is 0 Å². The molecule has 2 unspecified atom stereocenters. The Balaban J connectivity index is 1.74. The molecule has 0 radical (unpaired) electrons. The predicted molar refractivity (Wildman–Crippen MR) is 76.4 cm³/mol. The quantitative estimate of drug-likeness (QED) is 0.473. The average molecular weight is 293 g/mol. The number of nitrogens with zero attached hydrogens (tertiary/aromatic N) is 1.